The van der Waals surface area contributed by atoms with E-state index in [1.165, 1.54) is 0 Å². The number of nitrogens with zero attached hydrogens (tertiary/aromatic N) is 2. The minimum absolute atomic E-state index is 0. The molecule has 2 amide bonds. The van der Waals surface area contributed by atoms with Crippen LogP contribution in [0, 0.1) is 0 Å². The van der Waals surface area contributed by atoms with Crippen LogP contribution >= 0.6 is 24.8 Å². The van der Waals surface area contributed by atoms with Gasteiger partial charge in [-0.05, 0) is 26.0 Å². The highest BCUT2D eigenvalue weighted by atomic mass is 35.5. The topological polar surface area (TPSA) is 102 Å². The van der Waals surface area contributed by atoms with Crippen LogP contribution in [0.1, 0.15) is 25.7 Å². The lowest BCUT2D eigenvalue weighted by Crippen LogP contribution is -2.40. The standard InChI is InChI=1S/C16H23N5O2.2ClH/c1-11(2)21-13-6-4-3-5-12(13)20-14(21)7-8-18-16(23)10-19-15(22)9-17;;/h3-6,11H,7-10,17H2,1-2H3,(H,18,23)(H,19,22);2*1H. The summed E-state index contributed by atoms with van der Waals surface area (Å²) in [6, 6.07) is 8.28. The molecule has 0 aliphatic heterocycles. The summed E-state index contributed by atoms with van der Waals surface area (Å²) >= 11 is 0. The second-order valence-electron chi connectivity index (χ2n) is 5.56. The van der Waals surface area contributed by atoms with Gasteiger partial charge in [-0.25, -0.2) is 4.98 Å². The maximum Gasteiger partial charge on any atom is 0.239 e. The summed E-state index contributed by atoms with van der Waals surface area (Å²) < 4.78 is 2.18. The molecule has 0 aliphatic rings. The first-order valence-electron chi connectivity index (χ1n) is 7.72. The molecule has 0 saturated carbocycles. The van der Waals surface area contributed by atoms with Gasteiger partial charge in [0.25, 0.3) is 0 Å². The number of hydrogen-bond donors (Lipinski definition) is 3. The van der Waals surface area contributed by atoms with Crippen molar-refractivity contribution in [3.63, 3.8) is 0 Å². The first-order chi connectivity index (χ1) is 11.0. The summed E-state index contributed by atoms with van der Waals surface area (Å²) in [5.74, 6) is 0.355. The van der Waals surface area contributed by atoms with Gasteiger partial charge in [0.1, 0.15) is 5.82 Å². The lowest BCUT2D eigenvalue weighted by atomic mass is 10.3. The van der Waals surface area contributed by atoms with E-state index in [1.807, 2.05) is 24.3 Å². The van der Waals surface area contributed by atoms with Crippen molar-refractivity contribution in [2.75, 3.05) is 19.6 Å². The van der Waals surface area contributed by atoms with Crippen LogP contribution in [0.4, 0.5) is 0 Å². The Morgan fingerprint density at radius 2 is 1.84 bits per heavy atom. The highest BCUT2D eigenvalue weighted by molar-refractivity contribution is 5.86. The summed E-state index contributed by atoms with van der Waals surface area (Å²) in [5, 5.41) is 5.21. The van der Waals surface area contributed by atoms with Crippen LogP contribution in [0.25, 0.3) is 11.0 Å². The SMILES string of the molecule is CC(C)n1c(CCNC(=O)CNC(=O)CN)nc2ccccc21.Cl.Cl. The lowest BCUT2D eigenvalue weighted by Gasteiger charge is -2.13. The fourth-order valence-corrected chi connectivity index (χ4v) is 2.47. The molecule has 0 bridgehead atoms. The van der Waals surface area contributed by atoms with Crippen LogP contribution in [0.2, 0.25) is 0 Å². The number of fused-ring (bicyclic) bond motifs is 1. The van der Waals surface area contributed by atoms with Crippen molar-refractivity contribution >= 4 is 47.7 Å². The average molecular weight is 390 g/mol. The molecule has 7 nitrogen and oxygen atoms in total. The molecule has 2 aromatic rings. The Morgan fingerprint density at radius 3 is 2.48 bits per heavy atom. The Hall–Kier alpha value is -1.83. The van der Waals surface area contributed by atoms with Gasteiger partial charge in [-0.3, -0.25) is 9.59 Å². The zero-order valence-corrected chi connectivity index (χ0v) is 16.0. The molecule has 1 aromatic heterocycles. The molecule has 0 spiro atoms. The van der Waals surface area contributed by atoms with Crippen molar-refractivity contribution in [1.82, 2.24) is 20.2 Å². The van der Waals surface area contributed by atoms with Crippen molar-refractivity contribution in [1.29, 1.82) is 0 Å². The maximum atomic E-state index is 11.7. The Kier molecular flexibility index (Phi) is 10.1. The van der Waals surface area contributed by atoms with Crippen molar-refractivity contribution in [3.05, 3.63) is 30.1 Å². The van der Waals surface area contributed by atoms with Gasteiger partial charge in [-0.15, -0.1) is 24.8 Å². The number of halogens is 2. The maximum absolute atomic E-state index is 11.7. The fourth-order valence-electron chi connectivity index (χ4n) is 2.47. The Balaban J connectivity index is 0.00000288. The van der Waals surface area contributed by atoms with Crippen LogP contribution in [-0.4, -0.2) is 41.0 Å². The predicted molar refractivity (Wildman–Crippen MR) is 103 cm³/mol. The van der Waals surface area contributed by atoms with Gasteiger partial charge in [0.15, 0.2) is 0 Å². The van der Waals surface area contributed by atoms with Crippen LogP contribution in [0.15, 0.2) is 24.3 Å². The number of hydrogen-bond acceptors (Lipinski definition) is 4. The van der Waals surface area contributed by atoms with Crippen LogP contribution in [0.5, 0.6) is 0 Å². The molecule has 2 rings (SSSR count). The molecule has 0 atom stereocenters. The number of benzene rings is 1. The molecule has 4 N–H and O–H groups in total. The minimum atomic E-state index is -0.346. The van der Waals surface area contributed by atoms with Gasteiger partial charge in [0.05, 0.1) is 24.1 Å². The van der Waals surface area contributed by atoms with E-state index < -0.39 is 0 Å². The smallest absolute Gasteiger partial charge is 0.239 e. The van der Waals surface area contributed by atoms with Gasteiger partial charge < -0.3 is 20.9 Å². The van der Waals surface area contributed by atoms with E-state index >= 15 is 0 Å². The molecule has 0 radical (unpaired) electrons. The fraction of sp³-hybridized carbons (Fsp3) is 0.438. The van der Waals surface area contributed by atoms with Crippen LogP contribution in [-0.2, 0) is 16.0 Å². The summed E-state index contributed by atoms with van der Waals surface area (Å²) in [6.07, 6.45) is 0.628. The number of rotatable bonds is 7. The highest BCUT2D eigenvalue weighted by Gasteiger charge is 2.13. The third kappa shape index (κ3) is 6.19. The van der Waals surface area contributed by atoms with Crippen molar-refractivity contribution < 1.29 is 9.59 Å². The van der Waals surface area contributed by atoms with E-state index in [4.69, 9.17) is 5.73 Å². The highest BCUT2D eigenvalue weighted by Crippen LogP contribution is 2.20. The third-order valence-electron chi connectivity index (χ3n) is 3.49. The number of carbonyl (C=O) groups is 2. The molecule has 1 aromatic carbocycles. The summed E-state index contributed by atoms with van der Waals surface area (Å²) in [5.41, 5.74) is 7.21. The van der Waals surface area contributed by atoms with Gasteiger partial charge in [0.2, 0.25) is 11.8 Å². The zero-order valence-electron chi connectivity index (χ0n) is 14.3. The lowest BCUT2D eigenvalue weighted by molar-refractivity contribution is -0.125. The number of para-hydroxylation sites is 2. The molecule has 1 heterocycles. The molecule has 140 valence electrons. The second kappa shape index (κ2) is 10.9. The van der Waals surface area contributed by atoms with E-state index in [0.717, 1.165) is 16.9 Å². The second-order valence-corrected chi connectivity index (χ2v) is 5.56. The van der Waals surface area contributed by atoms with E-state index in [1.54, 1.807) is 0 Å². The third-order valence-corrected chi connectivity index (χ3v) is 3.49. The molecule has 0 unspecified atom stereocenters. The molecule has 0 saturated heterocycles. The average Bonchev–Trinajstić information content (AvgIpc) is 2.90. The minimum Gasteiger partial charge on any atom is -0.354 e. The quantitative estimate of drug-likeness (QED) is 0.661. The zero-order chi connectivity index (χ0) is 16.8. The summed E-state index contributed by atoms with van der Waals surface area (Å²) in [7, 11) is 0. The van der Waals surface area contributed by atoms with Crippen molar-refractivity contribution in [3.8, 4) is 0 Å². The largest absolute Gasteiger partial charge is 0.354 e. The van der Waals surface area contributed by atoms with Crippen molar-refractivity contribution in [2.24, 2.45) is 5.73 Å². The van der Waals surface area contributed by atoms with E-state index in [2.05, 4.69) is 34.0 Å². The number of nitrogens with one attached hydrogen (secondary N) is 2. The number of amides is 2. The number of aromatic nitrogens is 2. The predicted octanol–water partition coefficient (Wildman–Crippen LogP) is 1.19. The van der Waals surface area contributed by atoms with E-state index in [-0.39, 0.29) is 55.8 Å². The molecular formula is C16H25Cl2N5O2. The van der Waals surface area contributed by atoms with Gasteiger partial charge in [-0.2, -0.15) is 0 Å². The molecule has 9 heteroatoms. The Bertz CT molecular complexity index is 703. The summed E-state index contributed by atoms with van der Waals surface area (Å²) in [6.45, 7) is 4.51. The monoisotopic (exact) mass is 389 g/mol. The normalized spacial score (nSPS) is 10.1. The Labute approximate surface area is 159 Å². The molecule has 25 heavy (non-hydrogen) atoms. The summed E-state index contributed by atoms with van der Waals surface area (Å²) in [4.78, 5) is 27.3. The van der Waals surface area contributed by atoms with Crippen molar-refractivity contribution in [2.45, 2.75) is 26.3 Å². The first-order valence-corrected chi connectivity index (χ1v) is 7.72. The number of carbonyl (C=O) groups excluding carboxylic acids is 2. The number of imidazole rings is 1. The first kappa shape index (κ1) is 23.2. The van der Waals surface area contributed by atoms with E-state index in [9.17, 15) is 9.59 Å². The van der Waals surface area contributed by atoms with Gasteiger partial charge >= 0.3 is 0 Å². The van der Waals surface area contributed by atoms with Crippen LogP contribution < -0.4 is 16.4 Å². The molecular weight excluding hydrogens is 365 g/mol. The molecule has 0 aliphatic carbocycles. The van der Waals surface area contributed by atoms with Gasteiger partial charge in [-0.1, -0.05) is 12.1 Å². The van der Waals surface area contributed by atoms with Crippen LogP contribution in [0.3, 0.4) is 0 Å². The molecule has 0 fully saturated rings. The van der Waals surface area contributed by atoms with E-state index in [0.29, 0.717) is 13.0 Å². The number of nitrogens with two attached hydrogens (primary N) is 1. The Morgan fingerprint density at radius 1 is 1.16 bits per heavy atom. The van der Waals surface area contributed by atoms with Gasteiger partial charge in [0, 0.05) is 19.0 Å².